The van der Waals surface area contributed by atoms with E-state index in [4.69, 9.17) is 18.9 Å². The number of ether oxygens (including phenoxy) is 2. The van der Waals surface area contributed by atoms with E-state index in [1.54, 1.807) is 19.2 Å². The molecule has 37 heavy (non-hydrogen) atoms. The Morgan fingerprint density at radius 1 is 1.08 bits per heavy atom. The lowest BCUT2D eigenvalue weighted by atomic mass is 10.1. The number of rotatable bonds is 15. The minimum atomic E-state index is -0.167. The maximum atomic E-state index is 12.0. The van der Waals surface area contributed by atoms with Crippen LogP contribution in [0.1, 0.15) is 47.6 Å². The number of aryl methyl sites for hydroxylation is 2. The molecule has 0 aliphatic carbocycles. The number of allylic oxidation sites excluding steroid dienone is 1. The molecule has 0 unspecified atom stereocenters. The van der Waals surface area contributed by atoms with Crippen LogP contribution in [0.5, 0.6) is 11.5 Å². The minimum absolute atomic E-state index is 0.167. The lowest BCUT2D eigenvalue weighted by Gasteiger charge is -2.13. The third kappa shape index (κ3) is 7.03. The summed E-state index contributed by atoms with van der Waals surface area (Å²) in [5.74, 6) is 2.77. The van der Waals surface area contributed by atoms with Crippen molar-refractivity contribution < 1.29 is 18.7 Å². The van der Waals surface area contributed by atoms with Crippen molar-refractivity contribution in [1.82, 2.24) is 14.9 Å². The Kier molecular flexibility index (Phi) is 9.41. The molecule has 2 heterocycles. The Morgan fingerprint density at radius 3 is 2.78 bits per heavy atom. The van der Waals surface area contributed by atoms with Gasteiger partial charge in [-0.05, 0) is 67.6 Å². The van der Waals surface area contributed by atoms with Gasteiger partial charge in [-0.2, -0.15) is 0 Å². The fraction of sp³-hybridized carbons (Fsp3) is 0.333. The van der Waals surface area contributed by atoms with Gasteiger partial charge in [0.2, 0.25) is 0 Å². The van der Waals surface area contributed by atoms with Crippen LogP contribution in [0.25, 0.3) is 11.0 Å². The molecule has 4 aromatic rings. The third-order valence-electron chi connectivity index (χ3n) is 6.23. The van der Waals surface area contributed by atoms with Gasteiger partial charge in [0, 0.05) is 19.5 Å². The van der Waals surface area contributed by atoms with Crippen LogP contribution in [0.3, 0.4) is 0 Å². The number of carbonyl (C=O) groups excluding carboxylic acids is 1. The molecule has 4 rings (SSSR count). The normalized spacial score (nSPS) is 10.9. The molecule has 0 saturated carbocycles. The predicted molar refractivity (Wildman–Crippen MR) is 145 cm³/mol. The molecule has 0 spiro atoms. The first-order valence-electron chi connectivity index (χ1n) is 12.9. The number of carbonyl (C=O) groups is 1. The number of unbranched alkanes of at least 4 members (excludes halogenated alkanes) is 2. The van der Waals surface area contributed by atoms with Crippen molar-refractivity contribution >= 4 is 16.9 Å². The lowest BCUT2D eigenvalue weighted by molar-refractivity contribution is 0.0925. The van der Waals surface area contributed by atoms with Crippen molar-refractivity contribution in [2.24, 2.45) is 0 Å². The van der Waals surface area contributed by atoms with Crippen molar-refractivity contribution in [2.75, 3.05) is 20.3 Å². The SMILES string of the molecule is C=CCc1ccc(OCCCn2c(CCCCCNC(=O)c3ccco3)nc3ccccc32)c(OC)c1. The lowest BCUT2D eigenvalue weighted by Crippen LogP contribution is -2.23. The van der Waals surface area contributed by atoms with E-state index < -0.39 is 0 Å². The summed E-state index contributed by atoms with van der Waals surface area (Å²) in [5.41, 5.74) is 3.31. The molecule has 0 aliphatic heterocycles. The number of benzene rings is 2. The molecule has 0 atom stereocenters. The molecule has 0 radical (unpaired) electrons. The number of nitrogens with one attached hydrogen (secondary N) is 1. The molecule has 7 heteroatoms. The van der Waals surface area contributed by atoms with E-state index in [0.717, 1.165) is 79.0 Å². The van der Waals surface area contributed by atoms with Crippen molar-refractivity contribution in [3.63, 3.8) is 0 Å². The molecule has 7 nitrogen and oxygen atoms in total. The quantitative estimate of drug-likeness (QED) is 0.160. The zero-order valence-corrected chi connectivity index (χ0v) is 21.4. The van der Waals surface area contributed by atoms with Crippen molar-refractivity contribution in [3.05, 3.63) is 90.7 Å². The fourth-order valence-corrected chi connectivity index (χ4v) is 4.38. The number of imidazole rings is 1. The Hall–Kier alpha value is -4.00. The summed E-state index contributed by atoms with van der Waals surface area (Å²) in [4.78, 5) is 16.9. The summed E-state index contributed by atoms with van der Waals surface area (Å²) < 4.78 is 19.0. The molecular formula is C30H35N3O4. The average Bonchev–Trinajstić information content (AvgIpc) is 3.58. The standard InChI is InChI=1S/C30H35N3O4/c1-3-11-23-16-17-26(28(22-23)35-2)36-21-10-19-33-25-13-7-6-12-24(25)32-29(33)15-5-4-8-18-31-30(34)27-14-9-20-37-27/h3,6-7,9,12-14,16-17,20,22H,1,4-5,8,10-11,15,18-19,21H2,2H3,(H,31,34). The second-order valence-electron chi connectivity index (χ2n) is 8.89. The number of hydrogen-bond acceptors (Lipinski definition) is 5. The number of methoxy groups -OCH3 is 1. The zero-order chi connectivity index (χ0) is 25.9. The van der Waals surface area contributed by atoms with Crippen LogP contribution in [0.15, 0.2) is 77.9 Å². The van der Waals surface area contributed by atoms with Gasteiger partial charge in [-0.25, -0.2) is 4.98 Å². The van der Waals surface area contributed by atoms with Gasteiger partial charge in [0.15, 0.2) is 17.3 Å². The van der Waals surface area contributed by atoms with E-state index in [0.29, 0.717) is 18.9 Å². The van der Waals surface area contributed by atoms with Crippen molar-refractivity contribution in [1.29, 1.82) is 0 Å². The highest BCUT2D eigenvalue weighted by Crippen LogP contribution is 2.28. The van der Waals surface area contributed by atoms with Gasteiger partial charge in [0.25, 0.3) is 5.91 Å². The number of aromatic nitrogens is 2. The monoisotopic (exact) mass is 501 g/mol. The van der Waals surface area contributed by atoms with Gasteiger partial charge in [-0.15, -0.1) is 6.58 Å². The van der Waals surface area contributed by atoms with Gasteiger partial charge >= 0.3 is 0 Å². The topological polar surface area (TPSA) is 78.5 Å². The first-order chi connectivity index (χ1) is 18.2. The number of para-hydroxylation sites is 2. The molecule has 1 amide bonds. The first-order valence-corrected chi connectivity index (χ1v) is 12.9. The second kappa shape index (κ2) is 13.3. The summed E-state index contributed by atoms with van der Waals surface area (Å²) in [5, 5.41) is 2.90. The molecule has 0 saturated heterocycles. The minimum Gasteiger partial charge on any atom is -0.493 e. The van der Waals surface area contributed by atoms with Crippen LogP contribution in [0.4, 0.5) is 0 Å². The second-order valence-corrected chi connectivity index (χ2v) is 8.89. The average molecular weight is 502 g/mol. The number of fused-ring (bicyclic) bond motifs is 1. The fourth-order valence-electron chi connectivity index (χ4n) is 4.38. The Bertz CT molecular complexity index is 1290. The van der Waals surface area contributed by atoms with Gasteiger partial charge < -0.3 is 23.8 Å². The summed E-state index contributed by atoms with van der Waals surface area (Å²) >= 11 is 0. The van der Waals surface area contributed by atoms with Crippen molar-refractivity contribution in [2.45, 2.75) is 45.1 Å². The highest BCUT2D eigenvalue weighted by molar-refractivity contribution is 5.91. The van der Waals surface area contributed by atoms with Gasteiger partial charge in [0.05, 0.1) is 31.0 Å². The molecule has 1 N–H and O–H groups in total. The van der Waals surface area contributed by atoms with E-state index >= 15 is 0 Å². The van der Waals surface area contributed by atoms with Crippen LogP contribution in [-0.4, -0.2) is 35.7 Å². The van der Waals surface area contributed by atoms with E-state index in [1.807, 2.05) is 30.3 Å². The van der Waals surface area contributed by atoms with Crippen LogP contribution in [0, 0.1) is 0 Å². The molecule has 2 aromatic carbocycles. The van der Waals surface area contributed by atoms with E-state index in [1.165, 1.54) is 6.26 Å². The van der Waals surface area contributed by atoms with Crippen LogP contribution in [0.2, 0.25) is 0 Å². The van der Waals surface area contributed by atoms with Gasteiger partial charge in [0.1, 0.15) is 5.82 Å². The maximum absolute atomic E-state index is 12.0. The number of furan rings is 1. The summed E-state index contributed by atoms with van der Waals surface area (Å²) in [7, 11) is 1.66. The Morgan fingerprint density at radius 2 is 1.97 bits per heavy atom. The molecule has 0 fully saturated rings. The van der Waals surface area contributed by atoms with Crippen LogP contribution >= 0.6 is 0 Å². The zero-order valence-electron chi connectivity index (χ0n) is 21.4. The molecule has 194 valence electrons. The predicted octanol–water partition coefficient (Wildman–Crippen LogP) is 5.98. The number of hydrogen-bond donors (Lipinski definition) is 1. The first kappa shape index (κ1) is 26.1. The highest BCUT2D eigenvalue weighted by atomic mass is 16.5. The summed E-state index contributed by atoms with van der Waals surface area (Å²) in [6.07, 6.45) is 8.84. The summed E-state index contributed by atoms with van der Waals surface area (Å²) in [6, 6.07) is 17.7. The highest BCUT2D eigenvalue weighted by Gasteiger charge is 2.11. The van der Waals surface area contributed by atoms with E-state index in [9.17, 15) is 4.79 Å². The Labute approximate surface area is 218 Å². The molecule has 2 aromatic heterocycles. The molecular weight excluding hydrogens is 466 g/mol. The van der Waals surface area contributed by atoms with Crippen molar-refractivity contribution in [3.8, 4) is 11.5 Å². The summed E-state index contributed by atoms with van der Waals surface area (Å²) in [6.45, 7) is 5.83. The van der Waals surface area contributed by atoms with Gasteiger partial charge in [-0.3, -0.25) is 4.79 Å². The maximum Gasteiger partial charge on any atom is 0.286 e. The smallest absolute Gasteiger partial charge is 0.286 e. The van der Waals surface area contributed by atoms with E-state index in [-0.39, 0.29) is 5.91 Å². The molecule has 0 aliphatic rings. The van der Waals surface area contributed by atoms with Gasteiger partial charge in [-0.1, -0.05) is 30.7 Å². The largest absolute Gasteiger partial charge is 0.493 e. The van der Waals surface area contributed by atoms with Crippen LogP contribution in [-0.2, 0) is 19.4 Å². The third-order valence-corrected chi connectivity index (χ3v) is 6.23. The number of amides is 1. The van der Waals surface area contributed by atoms with E-state index in [2.05, 4.69) is 34.7 Å². The van der Waals surface area contributed by atoms with Crippen LogP contribution < -0.4 is 14.8 Å². The molecule has 0 bridgehead atoms. The number of nitrogens with zero attached hydrogens (tertiary/aromatic N) is 2. The Balaban J connectivity index is 1.27.